The van der Waals surface area contributed by atoms with Crippen LogP contribution in [-0.2, 0) is 0 Å². The molecule has 0 spiro atoms. The van der Waals surface area contributed by atoms with Crippen molar-refractivity contribution in [2.75, 3.05) is 10.6 Å². The largest absolute Gasteiger partial charge is 0.464 e. The number of hydrogen-bond acceptors (Lipinski definition) is 6. The third kappa shape index (κ3) is 2.45. The number of nitrogens with zero attached hydrogens (tertiary/aromatic N) is 3. The highest BCUT2D eigenvalue weighted by Gasteiger charge is 2.26. The second-order valence-electron chi connectivity index (χ2n) is 3.56. The average molecular weight is 344 g/mol. The molecule has 0 atom stereocenters. The molecule has 1 aromatic heterocycles. The fraction of sp³-hybridized carbons (Fsp3) is 0. The van der Waals surface area contributed by atoms with Gasteiger partial charge < -0.3 is 10.8 Å². The molecule has 0 fully saturated rings. The first-order valence-electron chi connectivity index (χ1n) is 5.07. The molecular formula is C10H7BrFN5O3. The zero-order valence-electron chi connectivity index (χ0n) is 9.67. The van der Waals surface area contributed by atoms with Crippen LogP contribution in [0, 0.1) is 11.2 Å². The molecule has 0 aliphatic rings. The molecule has 2 aromatic rings. The third-order valence-electron chi connectivity index (χ3n) is 2.31. The van der Waals surface area contributed by atoms with Crippen LogP contribution >= 0.6 is 15.9 Å². The van der Waals surface area contributed by atoms with Gasteiger partial charge in [-0.15, -0.1) is 0 Å². The Morgan fingerprint density at radius 1 is 1.50 bits per heavy atom. The number of nitrogens with two attached hydrogens (primary N) is 1. The van der Waals surface area contributed by atoms with Crippen molar-refractivity contribution in [3.05, 3.63) is 34.2 Å². The van der Waals surface area contributed by atoms with E-state index in [-0.39, 0.29) is 21.7 Å². The number of rotatable bonds is 2. The van der Waals surface area contributed by atoms with Gasteiger partial charge in [-0.3, -0.25) is 5.41 Å². The number of aromatic nitrogens is 2. The number of benzene rings is 1. The summed E-state index contributed by atoms with van der Waals surface area (Å²) < 4.78 is 17.6. The SMILES string of the molecule is N=C(c1nonc1N)N(C(=O)O)c1ccc(F)c(Br)c1. The van der Waals surface area contributed by atoms with E-state index in [9.17, 15) is 14.3 Å². The Morgan fingerprint density at radius 3 is 2.70 bits per heavy atom. The van der Waals surface area contributed by atoms with Gasteiger partial charge in [-0.25, -0.2) is 18.7 Å². The number of carbonyl (C=O) groups is 1. The number of carboxylic acid groups (broad SMARTS) is 1. The summed E-state index contributed by atoms with van der Waals surface area (Å²) in [4.78, 5) is 11.9. The number of anilines is 2. The van der Waals surface area contributed by atoms with Crippen molar-refractivity contribution in [3.8, 4) is 0 Å². The van der Waals surface area contributed by atoms with E-state index in [0.717, 1.165) is 6.07 Å². The lowest BCUT2D eigenvalue weighted by molar-refractivity contribution is 0.205. The first kappa shape index (κ1) is 13.9. The zero-order valence-corrected chi connectivity index (χ0v) is 11.3. The molecule has 1 heterocycles. The summed E-state index contributed by atoms with van der Waals surface area (Å²) >= 11 is 2.94. The van der Waals surface area contributed by atoms with Gasteiger partial charge in [0.25, 0.3) is 0 Å². The number of halogens is 2. The zero-order chi connectivity index (χ0) is 14.9. The van der Waals surface area contributed by atoms with Crippen molar-refractivity contribution < 1.29 is 18.9 Å². The van der Waals surface area contributed by atoms with Crippen molar-refractivity contribution in [1.82, 2.24) is 10.3 Å². The smallest absolute Gasteiger partial charge is 0.417 e. The summed E-state index contributed by atoms with van der Waals surface area (Å²) in [5, 5.41) is 23.7. The molecule has 1 aromatic carbocycles. The van der Waals surface area contributed by atoms with Crippen LogP contribution in [0.5, 0.6) is 0 Å². The fourth-order valence-electron chi connectivity index (χ4n) is 1.42. The number of nitrogens with one attached hydrogen (secondary N) is 1. The van der Waals surface area contributed by atoms with Crippen molar-refractivity contribution in [2.45, 2.75) is 0 Å². The van der Waals surface area contributed by atoms with E-state index >= 15 is 0 Å². The molecule has 0 saturated carbocycles. The van der Waals surface area contributed by atoms with Gasteiger partial charge >= 0.3 is 6.09 Å². The summed E-state index contributed by atoms with van der Waals surface area (Å²) in [6, 6.07) is 3.47. The van der Waals surface area contributed by atoms with E-state index in [1.54, 1.807) is 0 Å². The van der Waals surface area contributed by atoms with E-state index in [1.807, 2.05) is 0 Å². The Kier molecular flexibility index (Phi) is 3.66. The summed E-state index contributed by atoms with van der Waals surface area (Å²) in [5.41, 5.74) is 5.23. The Hall–Kier alpha value is -2.49. The standard InChI is InChI=1S/C10H7BrFN5O3/c11-5-3-4(1-2-6(5)12)17(10(18)19)9(14)7-8(13)16-20-15-7/h1-3,14H,(H2,13,16)(H,18,19). The molecule has 4 N–H and O–H groups in total. The van der Waals surface area contributed by atoms with Gasteiger partial charge in [0.1, 0.15) is 5.82 Å². The van der Waals surface area contributed by atoms with Crippen LogP contribution in [0.4, 0.5) is 20.7 Å². The summed E-state index contributed by atoms with van der Waals surface area (Å²) in [6.07, 6.45) is -1.46. The lowest BCUT2D eigenvalue weighted by atomic mass is 10.2. The monoisotopic (exact) mass is 343 g/mol. The fourth-order valence-corrected chi connectivity index (χ4v) is 1.79. The molecular weight excluding hydrogens is 337 g/mol. The first-order valence-corrected chi connectivity index (χ1v) is 5.86. The molecule has 0 bridgehead atoms. The van der Waals surface area contributed by atoms with Crippen molar-refractivity contribution in [1.29, 1.82) is 5.41 Å². The average Bonchev–Trinajstić information content (AvgIpc) is 2.79. The van der Waals surface area contributed by atoms with Gasteiger partial charge in [-0.2, -0.15) is 0 Å². The van der Waals surface area contributed by atoms with Gasteiger partial charge in [-0.05, 0) is 44.4 Å². The predicted octanol–water partition coefficient (Wildman–Crippen LogP) is 2.06. The summed E-state index contributed by atoms with van der Waals surface area (Å²) in [7, 11) is 0. The molecule has 8 nitrogen and oxygen atoms in total. The molecule has 104 valence electrons. The molecule has 20 heavy (non-hydrogen) atoms. The Labute approximate surface area is 119 Å². The third-order valence-corrected chi connectivity index (χ3v) is 2.92. The second-order valence-corrected chi connectivity index (χ2v) is 4.42. The van der Waals surface area contributed by atoms with E-state index in [2.05, 4.69) is 30.9 Å². The van der Waals surface area contributed by atoms with E-state index in [1.165, 1.54) is 12.1 Å². The van der Waals surface area contributed by atoms with Gasteiger partial charge in [0.2, 0.25) is 0 Å². The second kappa shape index (κ2) is 5.25. The highest BCUT2D eigenvalue weighted by molar-refractivity contribution is 9.10. The quantitative estimate of drug-likeness (QED) is 0.565. The van der Waals surface area contributed by atoms with Crippen LogP contribution in [0.2, 0.25) is 0 Å². The van der Waals surface area contributed by atoms with E-state index < -0.39 is 17.7 Å². The maximum atomic E-state index is 13.2. The van der Waals surface area contributed by atoms with E-state index in [4.69, 9.17) is 11.1 Å². The maximum Gasteiger partial charge on any atom is 0.417 e. The van der Waals surface area contributed by atoms with Gasteiger partial charge in [0.15, 0.2) is 17.3 Å². The van der Waals surface area contributed by atoms with E-state index in [0.29, 0.717) is 4.90 Å². The normalized spacial score (nSPS) is 10.3. The van der Waals surface area contributed by atoms with Crippen molar-refractivity contribution in [3.63, 3.8) is 0 Å². The molecule has 10 heteroatoms. The van der Waals surface area contributed by atoms with Crippen LogP contribution < -0.4 is 10.6 Å². The molecule has 2 rings (SSSR count). The Morgan fingerprint density at radius 2 is 2.20 bits per heavy atom. The van der Waals surface area contributed by atoms with Crippen molar-refractivity contribution in [2.24, 2.45) is 0 Å². The number of amidine groups is 1. The minimum atomic E-state index is -1.46. The minimum absolute atomic E-state index is 0.0400. The van der Waals surface area contributed by atoms with Crippen LogP contribution in [0.25, 0.3) is 0 Å². The van der Waals surface area contributed by atoms with Gasteiger partial charge in [0, 0.05) is 0 Å². The molecule has 1 amide bonds. The Balaban J connectivity index is 2.46. The molecule has 0 aliphatic carbocycles. The summed E-state index contributed by atoms with van der Waals surface area (Å²) in [5.74, 6) is -1.34. The number of nitrogen functional groups attached to an aromatic ring is 1. The van der Waals surface area contributed by atoms with Crippen molar-refractivity contribution >= 4 is 39.4 Å². The van der Waals surface area contributed by atoms with Crippen LogP contribution in [0.1, 0.15) is 5.69 Å². The van der Waals surface area contributed by atoms with Crippen LogP contribution in [0.3, 0.4) is 0 Å². The first-order chi connectivity index (χ1) is 9.41. The van der Waals surface area contributed by atoms with Gasteiger partial charge in [-0.1, -0.05) is 0 Å². The highest BCUT2D eigenvalue weighted by atomic mass is 79.9. The lowest BCUT2D eigenvalue weighted by Gasteiger charge is -2.18. The number of hydrogen-bond donors (Lipinski definition) is 3. The lowest BCUT2D eigenvalue weighted by Crippen LogP contribution is -2.36. The van der Waals surface area contributed by atoms with Crippen LogP contribution in [0.15, 0.2) is 27.3 Å². The minimum Gasteiger partial charge on any atom is -0.464 e. The molecule has 0 aliphatic heterocycles. The topological polar surface area (TPSA) is 129 Å². The predicted molar refractivity (Wildman–Crippen MR) is 70.1 cm³/mol. The van der Waals surface area contributed by atoms with Crippen LogP contribution in [-0.4, -0.2) is 27.3 Å². The number of amides is 1. The maximum absolute atomic E-state index is 13.2. The molecule has 0 saturated heterocycles. The Bertz CT molecular complexity index is 689. The summed E-state index contributed by atoms with van der Waals surface area (Å²) in [6.45, 7) is 0. The van der Waals surface area contributed by atoms with Gasteiger partial charge in [0.05, 0.1) is 10.2 Å². The highest BCUT2D eigenvalue weighted by Crippen LogP contribution is 2.25. The molecule has 0 radical (unpaired) electrons. The molecule has 0 unspecified atom stereocenters.